The van der Waals surface area contributed by atoms with Crippen LogP contribution < -0.4 is 0 Å². The van der Waals surface area contributed by atoms with E-state index < -0.39 is 0 Å². The molecule has 0 unspecified atom stereocenters. The summed E-state index contributed by atoms with van der Waals surface area (Å²) < 4.78 is 1.80. The average Bonchev–Trinajstić information content (AvgIpc) is 3.48. The first kappa shape index (κ1) is 22.6. The highest BCUT2D eigenvalue weighted by molar-refractivity contribution is 6.30. The Kier molecular flexibility index (Phi) is 6.10. The summed E-state index contributed by atoms with van der Waals surface area (Å²) in [7, 11) is 0. The first-order valence-corrected chi connectivity index (χ1v) is 12.0. The van der Waals surface area contributed by atoms with E-state index in [1.165, 1.54) is 0 Å². The van der Waals surface area contributed by atoms with Crippen molar-refractivity contribution in [2.45, 2.75) is 0 Å². The van der Waals surface area contributed by atoms with Crippen LogP contribution in [-0.4, -0.2) is 14.6 Å². The summed E-state index contributed by atoms with van der Waals surface area (Å²) in [5.41, 5.74) is 5.90. The molecule has 0 radical (unpaired) electrons. The van der Waals surface area contributed by atoms with Gasteiger partial charge in [0.25, 0.3) is 0 Å². The normalized spacial score (nSPS) is 11.7. The third kappa shape index (κ3) is 4.68. The Morgan fingerprint density at radius 2 is 1.24 bits per heavy atom. The van der Waals surface area contributed by atoms with Crippen molar-refractivity contribution in [3.8, 4) is 22.5 Å². The van der Waals surface area contributed by atoms with E-state index in [4.69, 9.17) is 16.6 Å². The number of rotatable bonds is 6. The summed E-state index contributed by atoms with van der Waals surface area (Å²) in [6, 6.07) is 36.7. The van der Waals surface area contributed by atoms with Gasteiger partial charge >= 0.3 is 0 Å². The van der Waals surface area contributed by atoms with Gasteiger partial charge in [-0.05, 0) is 30.3 Å². The van der Waals surface area contributed by atoms with Crippen molar-refractivity contribution < 1.29 is 0 Å². The van der Waals surface area contributed by atoms with E-state index in [1.807, 2.05) is 103 Å². The molecule has 0 spiro atoms. The minimum atomic E-state index is 0.541. The van der Waals surface area contributed by atoms with E-state index in [1.54, 1.807) is 16.6 Å². The Morgan fingerprint density at radius 3 is 1.95 bits per heavy atom. The van der Waals surface area contributed by atoms with Crippen molar-refractivity contribution in [2.24, 2.45) is 20.5 Å². The Bertz CT molecular complexity index is 1720. The molecule has 0 aliphatic carbocycles. The zero-order chi connectivity index (χ0) is 25.0. The molecule has 37 heavy (non-hydrogen) atoms. The number of benzene rings is 4. The predicted molar refractivity (Wildman–Crippen MR) is 147 cm³/mol. The molecule has 178 valence electrons. The molecule has 1 N–H and O–H groups in total. The quantitative estimate of drug-likeness (QED) is 0.226. The topological polar surface area (TPSA) is 82.5 Å². The number of aromatic nitrogens is 3. The van der Waals surface area contributed by atoms with Gasteiger partial charge in [0.2, 0.25) is 5.82 Å². The summed E-state index contributed by atoms with van der Waals surface area (Å²) in [5, 5.41) is 22.2. The van der Waals surface area contributed by atoms with Gasteiger partial charge in [-0.15, -0.1) is 15.3 Å². The number of hydrogen-bond donors (Lipinski definition) is 1. The summed E-state index contributed by atoms with van der Waals surface area (Å²) in [6.45, 7) is 0. The molecule has 0 aliphatic heterocycles. The standard InChI is InChI=1S/C29H20ClN7/c30-22-15-10-18-24(19-22)33-35-29-26(21-13-6-2-7-14-21)31-28-27(34-32-23-16-8-3-9-17-23)25(36-37(28)29)20-11-4-1-5-12-20/h1-19,36H. The third-order valence-corrected chi connectivity index (χ3v) is 5.96. The fourth-order valence-electron chi connectivity index (χ4n) is 3.98. The average molecular weight is 502 g/mol. The van der Waals surface area contributed by atoms with Gasteiger partial charge in [-0.3, -0.25) is 5.10 Å². The SMILES string of the molecule is Clc1cccc(N=Nc2c(-c3ccccc3)nc3c(N=Nc4ccccc4)c(-c4ccccc4)[nH]n23)c1. The first-order chi connectivity index (χ1) is 18.3. The fraction of sp³-hybridized carbons (Fsp3) is 0. The van der Waals surface area contributed by atoms with Crippen LogP contribution in [-0.2, 0) is 0 Å². The number of azo groups is 2. The number of H-pyrrole nitrogens is 1. The Labute approximate surface area is 217 Å². The number of aromatic amines is 1. The van der Waals surface area contributed by atoms with Crippen LogP contribution in [0.15, 0.2) is 136 Å². The molecule has 6 rings (SSSR count). The number of nitrogens with zero attached hydrogens (tertiary/aromatic N) is 6. The van der Waals surface area contributed by atoms with Gasteiger partial charge in [0.15, 0.2) is 11.3 Å². The van der Waals surface area contributed by atoms with Crippen LogP contribution in [0.4, 0.5) is 22.9 Å². The molecular formula is C29H20ClN7. The molecule has 8 heteroatoms. The fourth-order valence-corrected chi connectivity index (χ4v) is 4.17. The van der Waals surface area contributed by atoms with Crippen LogP contribution in [0.25, 0.3) is 28.2 Å². The second-order valence-corrected chi connectivity index (χ2v) is 8.66. The Balaban J connectivity index is 1.57. The van der Waals surface area contributed by atoms with Gasteiger partial charge in [-0.25, -0.2) is 9.50 Å². The molecule has 2 aromatic heterocycles. The summed E-state index contributed by atoms with van der Waals surface area (Å²) in [4.78, 5) is 4.97. The van der Waals surface area contributed by atoms with Gasteiger partial charge in [-0.2, -0.15) is 5.11 Å². The van der Waals surface area contributed by atoms with E-state index in [0.29, 0.717) is 33.6 Å². The molecule has 0 fully saturated rings. The largest absolute Gasteiger partial charge is 0.288 e. The number of hydrogen-bond acceptors (Lipinski definition) is 5. The number of nitrogens with one attached hydrogen (secondary N) is 1. The first-order valence-electron chi connectivity index (χ1n) is 11.7. The van der Waals surface area contributed by atoms with Gasteiger partial charge in [0.05, 0.1) is 17.1 Å². The maximum atomic E-state index is 6.16. The third-order valence-electron chi connectivity index (χ3n) is 5.73. The van der Waals surface area contributed by atoms with Crippen LogP contribution >= 0.6 is 11.6 Å². The maximum Gasteiger partial charge on any atom is 0.202 e. The summed E-state index contributed by atoms with van der Waals surface area (Å²) >= 11 is 6.16. The lowest BCUT2D eigenvalue weighted by molar-refractivity contribution is 0.957. The van der Waals surface area contributed by atoms with Crippen molar-refractivity contribution in [1.82, 2.24) is 14.6 Å². The van der Waals surface area contributed by atoms with Crippen molar-refractivity contribution in [2.75, 3.05) is 0 Å². The lowest BCUT2D eigenvalue weighted by Gasteiger charge is -2.01. The van der Waals surface area contributed by atoms with Crippen LogP contribution in [0, 0.1) is 0 Å². The van der Waals surface area contributed by atoms with Crippen molar-refractivity contribution in [3.05, 3.63) is 120 Å². The monoisotopic (exact) mass is 501 g/mol. The Hall–Kier alpha value is -4.88. The highest BCUT2D eigenvalue weighted by atomic mass is 35.5. The minimum absolute atomic E-state index is 0.541. The molecule has 0 aliphatic rings. The smallest absolute Gasteiger partial charge is 0.202 e. The minimum Gasteiger partial charge on any atom is -0.288 e. The zero-order valence-corrected chi connectivity index (χ0v) is 20.3. The van der Waals surface area contributed by atoms with Crippen molar-refractivity contribution in [3.63, 3.8) is 0 Å². The van der Waals surface area contributed by atoms with E-state index in [9.17, 15) is 0 Å². The highest BCUT2D eigenvalue weighted by Crippen LogP contribution is 2.40. The predicted octanol–water partition coefficient (Wildman–Crippen LogP) is 9.48. The molecule has 0 saturated carbocycles. The maximum absolute atomic E-state index is 6.16. The molecule has 4 aromatic carbocycles. The number of imidazole rings is 1. The molecule has 6 aromatic rings. The molecule has 0 atom stereocenters. The van der Waals surface area contributed by atoms with E-state index in [2.05, 4.69) is 25.6 Å². The van der Waals surface area contributed by atoms with Crippen LogP contribution in [0.1, 0.15) is 0 Å². The molecule has 0 bridgehead atoms. The van der Waals surface area contributed by atoms with Gasteiger partial charge < -0.3 is 0 Å². The molecule has 0 saturated heterocycles. The van der Waals surface area contributed by atoms with Crippen LogP contribution in [0.3, 0.4) is 0 Å². The number of fused-ring (bicyclic) bond motifs is 1. The zero-order valence-electron chi connectivity index (χ0n) is 19.5. The van der Waals surface area contributed by atoms with Gasteiger partial charge in [-0.1, -0.05) is 96.5 Å². The molecule has 2 heterocycles. The van der Waals surface area contributed by atoms with Crippen LogP contribution in [0.2, 0.25) is 5.02 Å². The Morgan fingerprint density at radius 1 is 0.622 bits per heavy atom. The highest BCUT2D eigenvalue weighted by Gasteiger charge is 2.22. The lowest BCUT2D eigenvalue weighted by Crippen LogP contribution is -1.85. The second-order valence-electron chi connectivity index (χ2n) is 8.23. The van der Waals surface area contributed by atoms with Gasteiger partial charge in [0.1, 0.15) is 5.69 Å². The summed E-state index contributed by atoms with van der Waals surface area (Å²) in [6.07, 6.45) is 0. The summed E-state index contributed by atoms with van der Waals surface area (Å²) in [5.74, 6) is 0.541. The van der Waals surface area contributed by atoms with E-state index >= 15 is 0 Å². The van der Waals surface area contributed by atoms with Gasteiger partial charge in [0, 0.05) is 16.1 Å². The van der Waals surface area contributed by atoms with Crippen molar-refractivity contribution in [1.29, 1.82) is 0 Å². The molecular weight excluding hydrogens is 482 g/mol. The molecule has 7 nitrogen and oxygen atoms in total. The number of halogens is 1. The van der Waals surface area contributed by atoms with E-state index in [-0.39, 0.29) is 0 Å². The van der Waals surface area contributed by atoms with Crippen molar-refractivity contribution >= 4 is 40.1 Å². The lowest BCUT2D eigenvalue weighted by atomic mass is 10.1. The van der Waals surface area contributed by atoms with E-state index in [0.717, 1.165) is 22.5 Å². The van der Waals surface area contributed by atoms with Crippen LogP contribution in [0.5, 0.6) is 0 Å². The molecule has 0 amide bonds. The second kappa shape index (κ2) is 10.0.